The Balaban J connectivity index is 1.74. The first-order valence-electron chi connectivity index (χ1n) is 9.08. The minimum absolute atomic E-state index is 0.0729. The van der Waals surface area contributed by atoms with E-state index in [0.29, 0.717) is 18.5 Å². The molecule has 0 aromatic heterocycles. The normalized spacial score (nSPS) is 25.0. The van der Waals surface area contributed by atoms with Crippen molar-refractivity contribution in [2.75, 3.05) is 26.2 Å². The Morgan fingerprint density at radius 1 is 1.07 bits per heavy atom. The number of rotatable bonds is 3. The maximum absolute atomic E-state index is 12.8. The number of benzene rings is 1. The highest BCUT2D eigenvalue weighted by atomic mass is 19.4. The third-order valence-corrected chi connectivity index (χ3v) is 4.97. The van der Waals surface area contributed by atoms with Crippen molar-refractivity contribution in [2.45, 2.75) is 37.3 Å². The van der Waals surface area contributed by atoms with Crippen LogP contribution in [-0.4, -0.2) is 76.9 Å². The lowest BCUT2D eigenvalue weighted by Gasteiger charge is -2.38. The van der Waals surface area contributed by atoms with Gasteiger partial charge in [-0.15, -0.1) is 13.2 Å². The number of β-amino-alcohol motifs (C(OH)–C–C–N with tert-alkyl or cyclic N) is 1. The summed E-state index contributed by atoms with van der Waals surface area (Å²) in [5.41, 5.74) is 0.637. The van der Waals surface area contributed by atoms with Crippen molar-refractivity contribution in [1.29, 1.82) is 0 Å². The molecule has 11 heteroatoms. The summed E-state index contributed by atoms with van der Waals surface area (Å²) >= 11 is 0. The van der Waals surface area contributed by atoms with Gasteiger partial charge < -0.3 is 29.5 Å². The molecular weight excluding hydrogens is 397 g/mol. The minimum Gasteiger partial charge on any atom is -0.450 e. The number of aliphatic hydroxyl groups excluding tert-OH is 1. The SMILES string of the molecule is O=C(O)OC1CC(c2ccc(OC(F)(F)F)cc2)CN(C(=O)N2CCC(O)C2)C1. The lowest BCUT2D eigenvalue weighted by molar-refractivity contribution is -0.274. The second-order valence-electron chi connectivity index (χ2n) is 7.13. The van der Waals surface area contributed by atoms with Gasteiger partial charge in [-0.1, -0.05) is 12.1 Å². The van der Waals surface area contributed by atoms with Gasteiger partial charge in [-0.2, -0.15) is 0 Å². The van der Waals surface area contributed by atoms with E-state index in [9.17, 15) is 27.9 Å². The molecule has 8 nitrogen and oxygen atoms in total. The fourth-order valence-electron chi connectivity index (χ4n) is 3.74. The molecule has 3 unspecified atom stereocenters. The summed E-state index contributed by atoms with van der Waals surface area (Å²) in [6, 6.07) is 4.93. The predicted molar refractivity (Wildman–Crippen MR) is 92.5 cm³/mol. The molecular formula is C18H21F3N2O6. The number of piperidine rings is 1. The van der Waals surface area contributed by atoms with E-state index >= 15 is 0 Å². The zero-order valence-electron chi connectivity index (χ0n) is 15.3. The number of likely N-dealkylation sites (tertiary alicyclic amines) is 2. The monoisotopic (exact) mass is 418 g/mol. The number of nitrogens with zero attached hydrogens (tertiary/aromatic N) is 2. The van der Waals surface area contributed by atoms with E-state index in [0.717, 1.165) is 0 Å². The first kappa shape index (κ1) is 21.0. The molecule has 1 aromatic carbocycles. The van der Waals surface area contributed by atoms with Crippen LogP contribution in [0.5, 0.6) is 5.75 Å². The number of carbonyl (C=O) groups is 2. The Morgan fingerprint density at radius 3 is 2.31 bits per heavy atom. The van der Waals surface area contributed by atoms with Crippen LogP contribution in [0.1, 0.15) is 24.3 Å². The van der Waals surface area contributed by atoms with Crippen molar-refractivity contribution in [3.05, 3.63) is 29.8 Å². The highest BCUT2D eigenvalue weighted by molar-refractivity contribution is 5.75. The second-order valence-corrected chi connectivity index (χ2v) is 7.13. The summed E-state index contributed by atoms with van der Waals surface area (Å²) in [4.78, 5) is 26.7. The number of carbonyl (C=O) groups excluding carboxylic acids is 1. The zero-order valence-corrected chi connectivity index (χ0v) is 15.3. The van der Waals surface area contributed by atoms with Gasteiger partial charge in [-0.25, -0.2) is 9.59 Å². The smallest absolute Gasteiger partial charge is 0.450 e. The fraction of sp³-hybridized carbons (Fsp3) is 0.556. The van der Waals surface area contributed by atoms with E-state index in [4.69, 9.17) is 9.84 Å². The van der Waals surface area contributed by atoms with E-state index in [1.54, 1.807) is 0 Å². The Bertz CT molecular complexity index is 742. The molecule has 3 atom stereocenters. The van der Waals surface area contributed by atoms with Crippen molar-refractivity contribution in [3.63, 3.8) is 0 Å². The van der Waals surface area contributed by atoms with Crippen LogP contribution in [0.15, 0.2) is 24.3 Å². The topological polar surface area (TPSA) is 99.5 Å². The molecule has 160 valence electrons. The molecule has 2 heterocycles. The molecule has 3 rings (SSSR count). The predicted octanol–water partition coefficient (Wildman–Crippen LogP) is 2.62. The van der Waals surface area contributed by atoms with Gasteiger partial charge in [0, 0.05) is 25.6 Å². The van der Waals surface area contributed by atoms with E-state index < -0.39 is 24.7 Å². The highest BCUT2D eigenvalue weighted by Gasteiger charge is 2.37. The maximum Gasteiger partial charge on any atom is 0.573 e. The summed E-state index contributed by atoms with van der Waals surface area (Å²) in [7, 11) is 0. The number of hydrogen-bond acceptors (Lipinski definition) is 5. The van der Waals surface area contributed by atoms with Gasteiger partial charge in [0.25, 0.3) is 0 Å². The lowest BCUT2D eigenvalue weighted by atomic mass is 9.89. The van der Waals surface area contributed by atoms with Gasteiger partial charge in [-0.05, 0) is 30.5 Å². The molecule has 2 N–H and O–H groups in total. The molecule has 29 heavy (non-hydrogen) atoms. The van der Waals surface area contributed by atoms with Crippen molar-refractivity contribution in [1.82, 2.24) is 9.80 Å². The van der Waals surface area contributed by atoms with Gasteiger partial charge in [0.15, 0.2) is 0 Å². The number of amides is 2. The molecule has 2 amide bonds. The minimum atomic E-state index is -4.80. The van der Waals surface area contributed by atoms with Gasteiger partial charge in [0.05, 0.1) is 12.6 Å². The lowest BCUT2D eigenvalue weighted by Crippen LogP contribution is -2.51. The quantitative estimate of drug-likeness (QED) is 0.733. The van der Waals surface area contributed by atoms with Crippen LogP contribution in [0.2, 0.25) is 0 Å². The number of urea groups is 1. The molecule has 2 aliphatic heterocycles. The first-order valence-corrected chi connectivity index (χ1v) is 9.08. The van der Waals surface area contributed by atoms with E-state index in [2.05, 4.69) is 4.74 Å². The summed E-state index contributed by atoms with van der Waals surface area (Å²) in [6.07, 6.45) is -6.86. The van der Waals surface area contributed by atoms with Crippen molar-refractivity contribution in [3.8, 4) is 5.75 Å². The maximum atomic E-state index is 12.8. The molecule has 0 aliphatic carbocycles. The molecule has 0 spiro atoms. The van der Waals surface area contributed by atoms with Crippen molar-refractivity contribution in [2.24, 2.45) is 0 Å². The third kappa shape index (κ3) is 5.66. The number of halogens is 3. The van der Waals surface area contributed by atoms with Gasteiger partial charge >= 0.3 is 18.5 Å². The van der Waals surface area contributed by atoms with Crippen molar-refractivity contribution < 1.29 is 42.4 Å². The molecule has 2 saturated heterocycles. The molecule has 2 fully saturated rings. The summed E-state index contributed by atoms with van der Waals surface area (Å²) in [6.45, 7) is 0.927. The van der Waals surface area contributed by atoms with Gasteiger partial charge in [0.2, 0.25) is 0 Å². The number of alkyl halides is 3. The first-order chi connectivity index (χ1) is 13.6. The summed E-state index contributed by atoms with van der Waals surface area (Å²) < 4.78 is 45.7. The Hall–Kier alpha value is -2.69. The van der Waals surface area contributed by atoms with Crippen LogP contribution in [-0.2, 0) is 4.74 Å². The Kier molecular flexibility index (Phi) is 6.06. The average molecular weight is 418 g/mol. The zero-order chi connectivity index (χ0) is 21.2. The summed E-state index contributed by atoms with van der Waals surface area (Å²) in [5, 5.41) is 18.6. The van der Waals surface area contributed by atoms with Crippen LogP contribution >= 0.6 is 0 Å². The van der Waals surface area contributed by atoms with Gasteiger partial charge in [-0.3, -0.25) is 0 Å². The molecule has 0 radical (unpaired) electrons. The standard InChI is InChI=1S/C18H21F3N2O6/c19-18(20,21)29-14-3-1-11(2-4-14)12-7-15(28-17(26)27)10-23(8-12)16(25)22-6-5-13(24)9-22/h1-4,12-13,15,24H,5-10H2,(H,26,27). The summed E-state index contributed by atoms with van der Waals surface area (Å²) in [5.74, 6) is -0.695. The second kappa shape index (κ2) is 8.36. The third-order valence-electron chi connectivity index (χ3n) is 4.97. The number of carboxylic acid groups (broad SMARTS) is 1. The van der Waals surface area contributed by atoms with Crippen LogP contribution < -0.4 is 4.74 Å². The Morgan fingerprint density at radius 2 is 1.76 bits per heavy atom. The van der Waals surface area contributed by atoms with Crippen LogP contribution in [0.25, 0.3) is 0 Å². The number of aliphatic hydroxyl groups is 1. The molecule has 1 aromatic rings. The number of hydrogen-bond donors (Lipinski definition) is 2. The van der Waals surface area contributed by atoms with Crippen LogP contribution in [0.3, 0.4) is 0 Å². The molecule has 0 saturated carbocycles. The van der Waals surface area contributed by atoms with E-state index in [1.807, 2.05) is 0 Å². The molecule has 2 aliphatic rings. The van der Waals surface area contributed by atoms with Gasteiger partial charge in [0.1, 0.15) is 11.9 Å². The highest BCUT2D eigenvalue weighted by Crippen LogP contribution is 2.32. The number of ether oxygens (including phenoxy) is 2. The van der Waals surface area contributed by atoms with Crippen LogP contribution in [0.4, 0.5) is 22.8 Å². The molecule has 0 bridgehead atoms. The van der Waals surface area contributed by atoms with E-state index in [-0.39, 0.29) is 43.8 Å². The van der Waals surface area contributed by atoms with Crippen LogP contribution in [0, 0.1) is 0 Å². The largest absolute Gasteiger partial charge is 0.573 e. The Labute approximate surface area is 164 Å². The van der Waals surface area contributed by atoms with Crippen molar-refractivity contribution >= 4 is 12.2 Å². The van der Waals surface area contributed by atoms with E-state index in [1.165, 1.54) is 34.1 Å². The fourth-order valence-corrected chi connectivity index (χ4v) is 3.74. The average Bonchev–Trinajstić information content (AvgIpc) is 3.06.